The van der Waals surface area contributed by atoms with Gasteiger partial charge in [0.25, 0.3) is 5.91 Å². The Morgan fingerprint density at radius 2 is 1.76 bits per heavy atom. The fourth-order valence-corrected chi connectivity index (χ4v) is 4.85. The van der Waals surface area contributed by atoms with Crippen molar-refractivity contribution < 1.29 is 9.18 Å². The number of hydrogen-bond acceptors (Lipinski definition) is 6. The van der Waals surface area contributed by atoms with Crippen molar-refractivity contribution in [3.05, 3.63) is 53.3 Å². The van der Waals surface area contributed by atoms with Gasteiger partial charge in [0.05, 0.1) is 14.9 Å². The van der Waals surface area contributed by atoms with Crippen molar-refractivity contribution in [2.24, 2.45) is 0 Å². The van der Waals surface area contributed by atoms with Crippen LogP contribution in [-0.2, 0) is 0 Å². The highest BCUT2D eigenvalue weighted by Gasteiger charge is 2.24. The Morgan fingerprint density at radius 1 is 1.00 bits per heavy atom. The number of anilines is 1. The van der Waals surface area contributed by atoms with Crippen LogP contribution >= 0.6 is 35.1 Å². The molecule has 1 amide bonds. The molecule has 2 aromatic heterocycles. The van der Waals surface area contributed by atoms with Gasteiger partial charge in [0.1, 0.15) is 11.3 Å². The summed E-state index contributed by atoms with van der Waals surface area (Å²) in [6.45, 7) is 1.33. The van der Waals surface area contributed by atoms with Crippen molar-refractivity contribution in [1.82, 2.24) is 14.9 Å². The number of hydrogen-bond donors (Lipinski definition) is 0. The lowest BCUT2D eigenvalue weighted by Crippen LogP contribution is -2.33. The fraction of sp³-hybridized carbons (Fsp3) is 0.250. The lowest BCUT2D eigenvalue weighted by molar-refractivity contribution is 0.0986. The molecule has 0 aliphatic heterocycles. The molecule has 0 saturated heterocycles. The van der Waals surface area contributed by atoms with Crippen LogP contribution in [-0.4, -0.2) is 48.0 Å². The molecule has 0 spiro atoms. The summed E-state index contributed by atoms with van der Waals surface area (Å²) >= 11 is 2.69. The minimum atomic E-state index is -0.374. The van der Waals surface area contributed by atoms with Crippen LogP contribution < -0.4 is 4.90 Å². The topological polar surface area (TPSA) is 49.3 Å². The molecule has 0 fully saturated rings. The van der Waals surface area contributed by atoms with Gasteiger partial charge in [-0.2, -0.15) is 0 Å². The predicted molar refractivity (Wildman–Crippen MR) is 121 cm³/mol. The molecule has 4 aromatic rings. The number of amides is 1. The van der Waals surface area contributed by atoms with Crippen molar-refractivity contribution >= 4 is 66.6 Å². The highest BCUT2D eigenvalue weighted by atomic mass is 35.5. The first-order valence-electron chi connectivity index (χ1n) is 8.90. The van der Waals surface area contributed by atoms with Crippen LogP contribution in [0.25, 0.3) is 20.4 Å². The summed E-state index contributed by atoms with van der Waals surface area (Å²) in [5.41, 5.74) is 1.11. The van der Waals surface area contributed by atoms with Crippen LogP contribution in [0.4, 0.5) is 9.52 Å². The molecule has 0 saturated carbocycles. The van der Waals surface area contributed by atoms with E-state index in [0.29, 0.717) is 22.2 Å². The maximum Gasteiger partial charge on any atom is 0.289 e. The van der Waals surface area contributed by atoms with Crippen LogP contribution in [0.1, 0.15) is 16.2 Å². The zero-order valence-corrected chi connectivity index (χ0v) is 18.4. The number of para-hydroxylation sites is 2. The third kappa shape index (κ3) is 4.56. The van der Waals surface area contributed by atoms with Gasteiger partial charge in [-0.25, -0.2) is 14.4 Å². The Bertz CT molecular complexity index is 1110. The summed E-state index contributed by atoms with van der Waals surface area (Å²) < 4.78 is 15.8. The second-order valence-corrected chi connectivity index (χ2v) is 8.72. The number of carbonyl (C=O) groups excluding carboxylic acids is 1. The first kappa shape index (κ1) is 21.6. The summed E-state index contributed by atoms with van der Waals surface area (Å²) in [7, 11) is 3.99. The van der Waals surface area contributed by atoms with E-state index in [1.54, 1.807) is 11.0 Å². The Hall–Kier alpha value is -2.13. The standard InChI is InChI=1S/C20H19FN4OS2.ClH/c1-24(2)11-6-12-25(20-23-17-13(21)7-5-10-16(17)28-20)19(26)18-22-14-8-3-4-9-15(14)27-18;/h3-5,7-10H,6,11-12H2,1-2H3;1H. The summed E-state index contributed by atoms with van der Waals surface area (Å²) in [6, 6.07) is 12.5. The number of rotatable bonds is 6. The van der Waals surface area contributed by atoms with E-state index in [9.17, 15) is 9.18 Å². The van der Waals surface area contributed by atoms with Crippen LogP contribution in [0.15, 0.2) is 42.5 Å². The average molecular weight is 451 g/mol. The summed E-state index contributed by atoms with van der Waals surface area (Å²) in [5, 5.41) is 0.925. The van der Waals surface area contributed by atoms with Crippen molar-refractivity contribution in [2.45, 2.75) is 6.42 Å². The minimum absolute atomic E-state index is 0. The van der Waals surface area contributed by atoms with Gasteiger partial charge < -0.3 is 4.90 Å². The van der Waals surface area contributed by atoms with Gasteiger partial charge in [0.15, 0.2) is 10.1 Å². The maximum absolute atomic E-state index is 14.1. The highest BCUT2D eigenvalue weighted by molar-refractivity contribution is 7.23. The van der Waals surface area contributed by atoms with Gasteiger partial charge in [-0.1, -0.05) is 29.5 Å². The third-order valence-corrected chi connectivity index (χ3v) is 6.37. The number of halogens is 2. The Balaban J connectivity index is 0.00000240. The number of aromatic nitrogens is 2. The molecule has 2 heterocycles. The van der Waals surface area contributed by atoms with Crippen LogP contribution in [0.2, 0.25) is 0 Å². The van der Waals surface area contributed by atoms with Crippen molar-refractivity contribution in [2.75, 3.05) is 32.1 Å². The summed E-state index contributed by atoms with van der Waals surface area (Å²) in [4.78, 5) is 25.9. The van der Waals surface area contributed by atoms with Gasteiger partial charge in [0.2, 0.25) is 0 Å². The van der Waals surface area contributed by atoms with Crippen LogP contribution in [0, 0.1) is 5.82 Å². The maximum atomic E-state index is 14.1. The smallest absolute Gasteiger partial charge is 0.289 e. The molecule has 0 radical (unpaired) electrons. The quantitative estimate of drug-likeness (QED) is 0.411. The number of nitrogens with zero attached hydrogens (tertiary/aromatic N) is 4. The minimum Gasteiger partial charge on any atom is -0.309 e. The van der Waals surface area contributed by atoms with E-state index in [-0.39, 0.29) is 24.1 Å². The van der Waals surface area contributed by atoms with E-state index in [2.05, 4.69) is 14.9 Å². The van der Waals surface area contributed by atoms with Gasteiger partial charge in [-0.3, -0.25) is 9.69 Å². The van der Waals surface area contributed by atoms with Gasteiger partial charge in [-0.15, -0.1) is 23.7 Å². The van der Waals surface area contributed by atoms with Gasteiger partial charge >= 0.3 is 0 Å². The fourth-order valence-electron chi connectivity index (χ4n) is 2.93. The number of carbonyl (C=O) groups is 1. The second kappa shape index (κ2) is 9.13. The molecule has 0 bridgehead atoms. The molecule has 0 atom stereocenters. The first-order chi connectivity index (χ1) is 13.5. The SMILES string of the molecule is CN(C)CCCN(C(=O)c1nc2ccccc2s1)c1nc2c(F)cccc2s1.Cl. The van der Waals surface area contributed by atoms with Crippen molar-refractivity contribution in [3.63, 3.8) is 0 Å². The van der Waals surface area contributed by atoms with E-state index in [0.717, 1.165) is 27.9 Å². The molecule has 5 nitrogen and oxygen atoms in total. The van der Waals surface area contributed by atoms with Crippen molar-refractivity contribution in [3.8, 4) is 0 Å². The molecule has 0 N–H and O–H groups in total. The molecule has 2 aromatic carbocycles. The Morgan fingerprint density at radius 3 is 2.48 bits per heavy atom. The average Bonchev–Trinajstić information content (AvgIpc) is 3.29. The van der Waals surface area contributed by atoms with E-state index >= 15 is 0 Å². The summed E-state index contributed by atoms with van der Waals surface area (Å²) in [6.07, 6.45) is 0.780. The molecule has 0 aliphatic rings. The molecule has 0 aliphatic carbocycles. The normalized spacial score (nSPS) is 11.2. The molecule has 9 heteroatoms. The van der Waals surface area contributed by atoms with E-state index in [1.165, 1.54) is 28.7 Å². The predicted octanol–water partition coefficient (Wildman–Crippen LogP) is 5.07. The Labute approximate surface area is 182 Å². The number of fused-ring (bicyclic) bond motifs is 2. The van der Waals surface area contributed by atoms with Crippen LogP contribution in [0.5, 0.6) is 0 Å². The third-order valence-electron chi connectivity index (χ3n) is 4.30. The van der Waals surface area contributed by atoms with Gasteiger partial charge in [0, 0.05) is 6.54 Å². The molecule has 4 rings (SSSR count). The summed E-state index contributed by atoms with van der Waals surface area (Å²) in [5.74, 6) is -0.569. The number of thiazole rings is 2. The molecular formula is C20H20ClFN4OS2. The zero-order valence-electron chi connectivity index (χ0n) is 16.0. The molecule has 0 unspecified atom stereocenters. The molecular weight excluding hydrogens is 431 g/mol. The Kier molecular flexibility index (Phi) is 6.79. The lowest BCUT2D eigenvalue weighted by Gasteiger charge is -2.19. The monoisotopic (exact) mass is 450 g/mol. The van der Waals surface area contributed by atoms with E-state index in [4.69, 9.17) is 0 Å². The first-order valence-corrected chi connectivity index (χ1v) is 10.5. The van der Waals surface area contributed by atoms with E-state index < -0.39 is 0 Å². The van der Waals surface area contributed by atoms with Gasteiger partial charge in [-0.05, 0) is 51.3 Å². The molecule has 152 valence electrons. The number of benzene rings is 2. The van der Waals surface area contributed by atoms with Crippen molar-refractivity contribution in [1.29, 1.82) is 0 Å². The largest absolute Gasteiger partial charge is 0.309 e. The van der Waals surface area contributed by atoms with Crippen LogP contribution in [0.3, 0.4) is 0 Å². The van der Waals surface area contributed by atoms with E-state index in [1.807, 2.05) is 44.4 Å². The second-order valence-electron chi connectivity index (χ2n) is 6.68. The lowest BCUT2D eigenvalue weighted by atomic mass is 10.3. The zero-order chi connectivity index (χ0) is 19.7. The molecule has 29 heavy (non-hydrogen) atoms. The highest BCUT2D eigenvalue weighted by Crippen LogP contribution is 2.32.